The molecule has 1 heterocycles. The molecule has 1 unspecified atom stereocenters. The van der Waals surface area contributed by atoms with Gasteiger partial charge in [-0.1, -0.05) is 0 Å². The molecule has 0 spiro atoms. The molecule has 1 aliphatic heterocycles. The molecule has 1 rings (SSSR count). The minimum atomic E-state index is -0.102. The van der Waals surface area contributed by atoms with Crippen LogP contribution in [0, 0.1) is 0 Å². The van der Waals surface area contributed by atoms with Crippen molar-refractivity contribution >= 4 is 5.97 Å². The molecule has 4 nitrogen and oxygen atoms in total. The second kappa shape index (κ2) is 5.98. The second-order valence-electron chi connectivity index (χ2n) is 3.54. The maximum Gasteiger partial charge on any atom is 0.305 e. The zero-order valence-corrected chi connectivity index (χ0v) is 8.91. The molecule has 4 heteroatoms. The van der Waals surface area contributed by atoms with Crippen LogP contribution in [0.3, 0.4) is 0 Å². The summed E-state index contributed by atoms with van der Waals surface area (Å²) >= 11 is 0. The molecule has 0 aromatic heterocycles. The quantitative estimate of drug-likeness (QED) is 0.665. The van der Waals surface area contributed by atoms with Gasteiger partial charge in [-0.05, 0) is 19.8 Å². The van der Waals surface area contributed by atoms with E-state index in [9.17, 15) is 4.79 Å². The van der Waals surface area contributed by atoms with E-state index in [4.69, 9.17) is 9.47 Å². The molecule has 14 heavy (non-hydrogen) atoms. The molecule has 1 N–H and O–H groups in total. The number of rotatable bonds is 5. The average Bonchev–Trinajstić information content (AvgIpc) is 2.63. The summed E-state index contributed by atoms with van der Waals surface area (Å²) in [6, 6.07) is 0.407. The minimum Gasteiger partial charge on any atom is -0.466 e. The highest BCUT2D eigenvalue weighted by atomic mass is 16.5. The molecule has 1 aliphatic rings. The van der Waals surface area contributed by atoms with Gasteiger partial charge in [0.25, 0.3) is 0 Å². The number of carbonyl (C=O) groups is 1. The number of hydrogen-bond donors (Lipinski definition) is 1. The van der Waals surface area contributed by atoms with E-state index in [2.05, 4.69) is 5.32 Å². The van der Waals surface area contributed by atoms with Crippen molar-refractivity contribution in [2.45, 2.75) is 38.3 Å². The van der Waals surface area contributed by atoms with E-state index < -0.39 is 0 Å². The first kappa shape index (κ1) is 11.5. The van der Waals surface area contributed by atoms with Crippen LogP contribution >= 0.6 is 0 Å². The van der Waals surface area contributed by atoms with Crippen LogP contribution in [0.4, 0.5) is 0 Å². The summed E-state index contributed by atoms with van der Waals surface area (Å²) in [6.45, 7) is 3.19. The lowest BCUT2D eigenvalue weighted by Crippen LogP contribution is -2.22. The van der Waals surface area contributed by atoms with E-state index in [1.807, 2.05) is 6.92 Å². The highest BCUT2D eigenvalue weighted by Crippen LogP contribution is 2.14. The van der Waals surface area contributed by atoms with Crippen LogP contribution in [0.5, 0.6) is 0 Å². The lowest BCUT2D eigenvalue weighted by molar-refractivity contribution is -0.143. The van der Waals surface area contributed by atoms with Crippen molar-refractivity contribution in [3.63, 3.8) is 0 Å². The summed E-state index contributed by atoms with van der Waals surface area (Å²) in [5.41, 5.74) is 0. The molecule has 2 atom stereocenters. The van der Waals surface area contributed by atoms with Gasteiger partial charge >= 0.3 is 5.97 Å². The minimum absolute atomic E-state index is 0.102. The van der Waals surface area contributed by atoms with Gasteiger partial charge < -0.3 is 14.8 Å². The molecule has 0 amide bonds. The summed E-state index contributed by atoms with van der Waals surface area (Å²) in [6.07, 6.45) is 2.65. The molecule has 82 valence electrons. The van der Waals surface area contributed by atoms with Crippen molar-refractivity contribution in [1.29, 1.82) is 0 Å². The third kappa shape index (κ3) is 3.64. The molecule has 0 saturated carbocycles. The molecule has 1 saturated heterocycles. The third-order valence-electron chi connectivity index (χ3n) is 2.52. The van der Waals surface area contributed by atoms with Gasteiger partial charge in [-0.3, -0.25) is 4.79 Å². The van der Waals surface area contributed by atoms with Gasteiger partial charge in [-0.25, -0.2) is 0 Å². The molecule has 0 aliphatic carbocycles. The summed E-state index contributed by atoms with van der Waals surface area (Å²) in [5, 5.41) is 3.32. The fourth-order valence-electron chi connectivity index (χ4n) is 1.71. The van der Waals surface area contributed by atoms with Gasteiger partial charge in [0.2, 0.25) is 0 Å². The predicted octanol–water partition coefficient (Wildman–Crippen LogP) is 0.707. The van der Waals surface area contributed by atoms with Gasteiger partial charge in [0.05, 0.1) is 12.7 Å². The lowest BCUT2D eigenvalue weighted by atomic mass is 10.1. The number of ether oxygens (including phenoxy) is 2. The van der Waals surface area contributed by atoms with Crippen LogP contribution in [0.2, 0.25) is 0 Å². The highest BCUT2D eigenvalue weighted by Gasteiger charge is 2.23. The van der Waals surface area contributed by atoms with E-state index >= 15 is 0 Å². The van der Waals surface area contributed by atoms with Crippen molar-refractivity contribution in [1.82, 2.24) is 5.32 Å². The topological polar surface area (TPSA) is 47.6 Å². The Morgan fingerprint density at radius 2 is 2.36 bits per heavy atom. The van der Waals surface area contributed by atoms with Crippen LogP contribution in [0.25, 0.3) is 0 Å². The van der Waals surface area contributed by atoms with Crippen LogP contribution < -0.4 is 5.32 Å². The van der Waals surface area contributed by atoms with Crippen molar-refractivity contribution < 1.29 is 14.3 Å². The summed E-state index contributed by atoms with van der Waals surface area (Å²) in [4.78, 5) is 11.1. The van der Waals surface area contributed by atoms with Crippen LogP contribution in [0.15, 0.2) is 0 Å². The largest absolute Gasteiger partial charge is 0.466 e. The standard InChI is InChI=1S/C10H19NO3/c1-3-14-10(12)5-4-8-6-9(13-2)7-11-8/h8-9,11H,3-7H2,1-2H3/t8-,9?/m1/s1. The van der Waals surface area contributed by atoms with Gasteiger partial charge in [0, 0.05) is 26.1 Å². The Hall–Kier alpha value is -0.610. The lowest BCUT2D eigenvalue weighted by Gasteiger charge is -2.09. The Morgan fingerprint density at radius 3 is 2.93 bits per heavy atom. The summed E-state index contributed by atoms with van der Waals surface area (Å²) in [5.74, 6) is -0.102. The summed E-state index contributed by atoms with van der Waals surface area (Å²) < 4.78 is 10.1. The van der Waals surface area contributed by atoms with Crippen molar-refractivity contribution in [2.24, 2.45) is 0 Å². The molecule has 1 fully saturated rings. The maximum atomic E-state index is 11.1. The normalized spacial score (nSPS) is 26.4. The Morgan fingerprint density at radius 1 is 1.57 bits per heavy atom. The second-order valence-corrected chi connectivity index (χ2v) is 3.54. The van der Waals surface area contributed by atoms with E-state index in [-0.39, 0.29) is 5.97 Å². The zero-order chi connectivity index (χ0) is 10.4. The average molecular weight is 201 g/mol. The SMILES string of the molecule is CCOC(=O)CC[C@@H]1CC(OC)CN1. The Labute approximate surface area is 85.0 Å². The van der Waals surface area contributed by atoms with Gasteiger partial charge in [-0.15, -0.1) is 0 Å². The first-order valence-electron chi connectivity index (χ1n) is 5.18. The smallest absolute Gasteiger partial charge is 0.305 e. The highest BCUT2D eigenvalue weighted by molar-refractivity contribution is 5.69. The Kier molecular flexibility index (Phi) is 4.90. The van der Waals surface area contributed by atoms with E-state index in [0.717, 1.165) is 19.4 Å². The molecule has 0 aromatic rings. The zero-order valence-electron chi connectivity index (χ0n) is 8.91. The Balaban J connectivity index is 2.11. The monoisotopic (exact) mass is 201 g/mol. The summed E-state index contributed by atoms with van der Waals surface area (Å²) in [7, 11) is 1.72. The number of hydrogen-bond acceptors (Lipinski definition) is 4. The fourth-order valence-corrected chi connectivity index (χ4v) is 1.71. The van der Waals surface area contributed by atoms with Gasteiger partial charge in [-0.2, -0.15) is 0 Å². The maximum absolute atomic E-state index is 11.1. The first-order chi connectivity index (χ1) is 6.76. The molecular formula is C10H19NO3. The van der Waals surface area contributed by atoms with Crippen molar-refractivity contribution in [3.8, 4) is 0 Å². The number of carbonyl (C=O) groups excluding carboxylic acids is 1. The third-order valence-corrected chi connectivity index (χ3v) is 2.52. The number of esters is 1. The molecule has 0 bridgehead atoms. The first-order valence-corrected chi connectivity index (χ1v) is 5.18. The van der Waals surface area contributed by atoms with Crippen molar-refractivity contribution in [2.75, 3.05) is 20.3 Å². The Bertz CT molecular complexity index is 184. The van der Waals surface area contributed by atoms with E-state index in [0.29, 0.717) is 25.2 Å². The molecule has 0 radical (unpaired) electrons. The molecule has 0 aromatic carbocycles. The molecular weight excluding hydrogens is 182 g/mol. The fraction of sp³-hybridized carbons (Fsp3) is 0.900. The van der Waals surface area contributed by atoms with E-state index in [1.54, 1.807) is 7.11 Å². The van der Waals surface area contributed by atoms with Crippen LogP contribution in [-0.2, 0) is 14.3 Å². The number of nitrogens with one attached hydrogen (secondary N) is 1. The number of methoxy groups -OCH3 is 1. The van der Waals surface area contributed by atoms with E-state index in [1.165, 1.54) is 0 Å². The van der Waals surface area contributed by atoms with Crippen molar-refractivity contribution in [3.05, 3.63) is 0 Å². The van der Waals surface area contributed by atoms with Crippen LogP contribution in [0.1, 0.15) is 26.2 Å². The van der Waals surface area contributed by atoms with Gasteiger partial charge in [0.15, 0.2) is 0 Å². The van der Waals surface area contributed by atoms with Crippen LogP contribution in [-0.4, -0.2) is 38.4 Å². The van der Waals surface area contributed by atoms with Gasteiger partial charge in [0.1, 0.15) is 0 Å². The predicted molar refractivity (Wildman–Crippen MR) is 53.1 cm³/mol.